The molecule has 1 aliphatic heterocycles. The molecular formula is C20H25N3O3S. The maximum atomic E-state index is 12.2. The van der Waals surface area contributed by atoms with Gasteiger partial charge in [0.1, 0.15) is 5.75 Å². The molecule has 2 N–H and O–H groups in total. The first-order valence-corrected chi connectivity index (χ1v) is 9.99. The SMILES string of the molecule is CCOc1ccc([C@H]2CC(=O)NC(SCC(=O)NCC(C)C)=C2C#N)cc1. The predicted molar refractivity (Wildman–Crippen MR) is 106 cm³/mol. The van der Waals surface area contributed by atoms with Gasteiger partial charge in [-0.25, -0.2) is 0 Å². The molecular weight excluding hydrogens is 362 g/mol. The van der Waals surface area contributed by atoms with Crippen LogP contribution in [0.25, 0.3) is 0 Å². The molecule has 0 unspecified atom stereocenters. The van der Waals surface area contributed by atoms with E-state index >= 15 is 0 Å². The van der Waals surface area contributed by atoms with Gasteiger partial charge in [0.05, 0.1) is 29.0 Å². The van der Waals surface area contributed by atoms with Crippen molar-refractivity contribution in [3.05, 3.63) is 40.4 Å². The smallest absolute Gasteiger partial charge is 0.230 e. The molecule has 0 radical (unpaired) electrons. The van der Waals surface area contributed by atoms with Crippen molar-refractivity contribution in [1.82, 2.24) is 10.6 Å². The van der Waals surface area contributed by atoms with Crippen molar-refractivity contribution in [1.29, 1.82) is 5.26 Å². The van der Waals surface area contributed by atoms with Crippen LogP contribution in [0.4, 0.5) is 0 Å². The maximum Gasteiger partial charge on any atom is 0.230 e. The zero-order valence-electron chi connectivity index (χ0n) is 15.9. The lowest BCUT2D eigenvalue weighted by Gasteiger charge is -2.25. The van der Waals surface area contributed by atoms with Gasteiger partial charge in [-0.05, 0) is 30.5 Å². The van der Waals surface area contributed by atoms with E-state index in [1.165, 1.54) is 11.8 Å². The molecule has 0 spiro atoms. The fourth-order valence-electron chi connectivity index (χ4n) is 2.69. The summed E-state index contributed by atoms with van der Waals surface area (Å²) in [6.07, 6.45) is 0.209. The predicted octanol–water partition coefficient (Wildman–Crippen LogP) is 2.93. The van der Waals surface area contributed by atoms with Crippen LogP contribution in [-0.2, 0) is 9.59 Å². The second-order valence-corrected chi connectivity index (χ2v) is 7.63. The molecule has 1 aromatic carbocycles. The number of benzene rings is 1. The molecule has 0 saturated heterocycles. The number of rotatable bonds is 8. The summed E-state index contributed by atoms with van der Waals surface area (Å²) in [7, 11) is 0. The van der Waals surface area contributed by atoms with Crippen LogP contribution in [0, 0.1) is 17.2 Å². The van der Waals surface area contributed by atoms with E-state index < -0.39 is 0 Å². The minimum atomic E-state index is -0.319. The van der Waals surface area contributed by atoms with Crippen molar-refractivity contribution >= 4 is 23.6 Å². The fraction of sp³-hybridized carbons (Fsp3) is 0.450. The van der Waals surface area contributed by atoms with E-state index in [1.54, 1.807) is 0 Å². The third-order valence-corrected chi connectivity index (χ3v) is 5.02. The number of allylic oxidation sites excluding steroid dienone is 1. The van der Waals surface area contributed by atoms with Crippen LogP contribution in [0.15, 0.2) is 34.9 Å². The fourth-order valence-corrected chi connectivity index (χ4v) is 3.59. The topological polar surface area (TPSA) is 91.2 Å². The number of hydrogen-bond donors (Lipinski definition) is 2. The largest absolute Gasteiger partial charge is 0.494 e. The van der Waals surface area contributed by atoms with E-state index in [4.69, 9.17) is 4.74 Å². The van der Waals surface area contributed by atoms with Crippen molar-refractivity contribution in [2.75, 3.05) is 18.9 Å². The second-order valence-electron chi connectivity index (χ2n) is 6.65. The number of nitrogens with one attached hydrogen (secondary N) is 2. The first-order chi connectivity index (χ1) is 12.9. The van der Waals surface area contributed by atoms with Crippen LogP contribution in [0.3, 0.4) is 0 Å². The molecule has 6 nitrogen and oxygen atoms in total. The zero-order chi connectivity index (χ0) is 19.8. The summed E-state index contributed by atoms with van der Waals surface area (Å²) in [5.41, 5.74) is 1.37. The van der Waals surface area contributed by atoms with Crippen LogP contribution < -0.4 is 15.4 Å². The Morgan fingerprint density at radius 3 is 2.70 bits per heavy atom. The van der Waals surface area contributed by atoms with Crippen LogP contribution in [0.1, 0.15) is 38.7 Å². The Morgan fingerprint density at radius 1 is 1.41 bits per heavy atom. The molecule has 144 valence electrons. The van der Waals surface area contributed by atoms with Gasteiger partial charge in [-0.1, -0.05) is 37.7 Å². The average molecular weight is 388 g/mol. The molecule has 0 aliphatic carbocycles. The van der Waals surface area contributed by atoms with Gasteiger partial charge in [0.15, 0.2) is 0 Å². The summed E-state index contributed by atoms with van der Waals surface area (Å²) >= 11 is 1.19. The number of amides is 2. The Balaban J connectivity index is 2.15. The summed E-state index contributed by atoms with van der Waals surface area (Å²) in [5, 5.41) is 15.7. The van der Waals surface area contributed by atoms with E-state index in [2.05, 4.69) is 16.7 Å². The molecule has 2 rings (SSSR count). The van der Waals surface area contributed by atoms with E-state index in [0.29, 0.717) is 29.7 Å². The lowest BCUT2D eigenvalue weighted by atomic mass is 9.87. The summed E-state index contributed by atoms with van der Waals surface area (Å²) < 4.78 is 5.44. The number of carbonyl (C=O) groups excluding carboxylic acids is 2. The highest BCUT2D eigenvalue weighted by atomic mass is 32.2. The molecule has 0 saturated carbocycles. The molecule has 0 fully saturated rings. The molecule has 2 amide bonds. The van der Waals surface area contributed by atoms with Crippen molar-refractivity contribution < 1.29 is 14.3 Å². The minimum Gasteiger partial charge on any atom is -0.494 e. The highest BCUT2D eigenvalue weighted by molar-refractivity contribution is 8.03. The monoisotopic (exact) mass is 387 g/mol. The standard InChI is InChI=1S/C20H25N3O3S/c1-4-26-15-7-5-14(6-8-15)16-9-18(24)23-20(17(16)10-21)27-12-19(25)22-11-13(2)3/h5-8,13,16H,4,9,11-12H2,1-3H3,(H,22,25)(H,23,24)/t16-/m1/s1. The molecule has 27 heavy (non-hydrogen) atoms. The number of carbonyl (C=O) groups is 2. The Kier molecular flexibility index (Phi) is 7.74. The van der Waals surface area contributed by atoms with E-state index in [-0.39, 0.29) is 29.9 Å². The average Bonchev–Trinajstić information content (AvgIpc) is 2.65. The van der Waals surface area contributed by atoms with Gasteiger partial charge in [0.25, 0.3) is 0 Å². The lowest BCUT2D eigenvalue weighted by molar-refractivity contribution is -0.121. The summed E-state index contributed by atoms with van der Waals surface area (Å²) in [5.74, 6) is 0.685. The minimum absolute atomic E-state index is 0.115. The van der Waals surface area contributed by atoms with Crippen molar-refractivity contribution in [3.63, 3.8) is 0 Å². The zero-order valence-corrected chi connectivity index (χ0v) is 16.7. The summed E-state index contributed by atoms with van der Waals surface area (Å²) in [4.78, 5) is 24.1. The van der Waals surface area contributed by atoms with Crippen LogP contribution in [0.2, 0.25) is 0 Å². The third-order valence-electron chi connectivity index (χ3n) is 4.00. The van der Waals surface area contributed by atoms with Gasteiger partial charge in [-0.2, -0.15) is 5.26 Å². The van der Waals surface area contributed by atoms with Gasteiger partial charge in [0.2, 0.25) is 11.8 Å². The third kappa shape index (κ3) is 6.04. The van der Waals surface area contributed by atoms with Gasteiger partial charge in [0, 0.05) is 18.9 Å². The number of thioether (sulfide) groups is 1. The summed E-state index contributed by atoms with van der Waals surface area (Å²) in [6.45, 7) is 7.13. The quantitative estimate of drug-likeness (QED) is 0.716. The molecule has 0 aromatic heterocycles. The lowest BCUT2D eigenvalue weighted by Crippen LogP contribution is -2.33. The second kappa shape index (κ2) is 10.0. The van der Waals surface area contributed by atoms with E-state index in [1.807, 2.05) is 45.0 Å². The van der Waals surface area contributed by atoms with E-state index in [0.717, 1.165) is 11.3 Å². The summed E-state index contributed by atoms with van der Waals surface area (Å²) in [6, 6.07) is 9.65. The van der Waals surface area contributed by atoms with E-state index in [9.17, 15) is 14.9 Å². The van der Waals surface area contributed by atoms with Gasteiger partial charge in [-0.15, -0.1) is 0 Å². The van der Waals surface area contributed by atoms with Crippen molar-refractivity contribution in [2.45, 2.75) is 33.1 Å². The number of nitriles is 1. The highest BCUT2D eigenvalue weighted by Gasteiger charge is 2.29. The van der Waals surface area contributed by atoms with Crippen molar-refractivity contribution in [3.8, 4) is 11.8 Å². The maximum absolute atomic E-state index is 12.2. The Hall–Kier alpha value is -2.46. The molecule has 1 aromatic rings. The molecule has 1 aliphatic rings. The van der Waals surface area contributed by atoms with Crippen molar-refractivity contribution in [2.24, 2.45) is 5.92 Å². The number of ether oxygens (including phenoxy) is 1. The van der Waals surface area contributed by atoms with Gasteiger partial charge >= 0.3 is 0 Å². The first-order valence-electron chi connectivity index (χ1n) is 9.01. The molecule has 1 heterocycles. The number of hydrogen-bond acceptors (Lipinski definition) is 5. The first kappa shape index (κ1) is 20.8. The Labute approximate surface area is 164 Å². The van der Waals surface area contributed by atoms with Crippen LogP contribution in [-0.4, -0.2) is 30.7 Å². The van der Waals surface area contributed by atoms with Crippen LogP contribution >= 0.6 is 11.8 Å². The Bertz CT molecular complexity index is 751. The number of nitrogens with zero attached hydrogens (tertiary/aromatic N) is 1. The Morgan fingerprint density at radius 2 is 2.11 bits per heavy atom. The highest BCUT2D eigenvalue weighted by Crippen LogP contribution is 2.36. The van der Waals surface area contributed by atoms with Crippen LogP contribution in [0.5, 0.6) is 5.75 Å². The molecule has 7 heteroatoms. The normalized spacial score (nSPS) is 16.7. The van der Waals surface area contributed by atoms with Gasteiger partial charge < -0.3 is 15.4 Å². The van der Waals surface area contributed by atoms with Gasteiger partial charge in [-0.3, -0.25) is 9.59 Å². The molecule has 1 atom stereocenters. The molecule has 0 bridgehead atoms.